The summed E-state index contributed by atoms with van der Waals surface area (Å²) in [6.45, 7) is 1.76. The smallest absolute Gasteiger partial charge is 0.240 e. The zero-order chi connectivity index (χ0) is 20.7. The van der Waals surface area contributed by atoms with Crippen LogP contribution in [0.1, 0.15) is 32.1 Å². The summed E-state index contributed by atoms with van der Waals surface area (Å²) in [6, 6.07) is -1.08. The third kappa shape index (κ3) is 6.94. The van der Waals surface area contributed by atoms with Crippen LogP contribution in [-0.4, -0.2) is 91.7 Å². The first-order valence-corrected chi connectivity index (χ1v) is 10.7. The number of amides is 1. The van der Waals surface area contributed by atoms with E-state index in [-0.39, 0.29) is 37.0 Å². The highest BCUT2D eigenvalue weighted by Gasteiger charge is 2.31. The number of carbonyl (C=O) groups excluding carboxylic acids is 1. The molecule has 11 nitrogen and oxygen atoms in total. The van der Waals surface area contributed by atoms with Crippen LogP contribution in [-0.2, 0) is 16.1 Å². The maximum atomic E-state index is 12.4. The second-order valence-electron chi connectivity index (χ2n) is 7.48. The molecule has 2 rings (SSSR count). The first kappa shape index (κ1) is 23.0. The van der Waals surface area contributed by atoms with Crippen molar-refractivity contribution in [3.8, 4) is 0 Å². The number of hydrogen-bond acceptors (Lipinski definition) is 6. The summed E-state index contributed by atoms with van der Waals surface area (Å²) in [7, 11) is 0. The molecule has 2 aliphatic heterocycles. The Labute approximate surface area is 167 Å². The van der Waals surface area contributed by atoms with Crippen molar-refractivity contribution >= 4 is 23.1 Å². The normalized spacial score (nSPS) is 26.8. The largest absolute Gasteiger partial charge is 0.395 e. The zero-order valence-corrected chi connectivity index (χ0v) is 16.7. The Kier molecular flexibility index (Phi) is 9.05. The maximum absolute atomic E-state index is 12.4. The highest BCUT2D eigenvalue weighted by Crippen LogP contribution is 2.21. The Morgan fingerprint density at radius 1 is 1.36 bits per heavy atom. The van der Waals surface area contributed by atoms with Crippen molar-refractivity contribution < 1.29 is 23.8 Å². The van der Waals surface area contributed by atoms with Crippen molar-refractivity contribution in [2.24, 2.45) is 11.7 Å². The molecule has 5 atom stereocenters. The Morgan fingerprint density at radius 3 is 2.71 bits per heavy atom. The van der Waals surface area contributed by atoms with E-state index in [1.54, 1.807) is 0 Å². The summed E-state index contributed by atoms with van der Waals surface area (Å²) in [4.78, 5) is 15.6. The van der Waals surface area contributed by atoms with Gasteiger partial charge in [0.15, 0.2) is 5.96 Å². The molecule has 0 aliphatic carbocycles. The van der Waals surface area contributed by atoms with Crippen molar-refractivity contribution in [2.75, 3.05) is 32.8 Å². The van der Waals surface area contributed by atoms with Gasteiger partial charge >= 0.3 is 0 Å². The molecule has 0 radical (unpaired) electrons. The summed E-state index contributed by atoms with van der Waals surface area (Å²) in [5.74, 6) is -0.0208. The van der Waals surface area contributed by atoms with Crippen molar-refractivity contribution in [1.82, 2.24) is 19.8 Å². The van der Waals surface area contributed by atoms with Crippen LogP contribution in [0.3, 0.4) is 0 Å². The predicted octanol–water partition coefficient (Wildman–Crippen LogP) is -2.03. The number of aliphatic hydroxyl groups excluding tert-OH is 2. The SMILES string of the molecule is N=C(N)N1CCC[C@H](C[C@@H](CO)N[C@@H](O)CN2CCC[C@H](NS(=O)O)C2=O)C1. The van der Waals surface area contributed by atoms with Gasteiger partial charge in [0.2, 0.25) is 17.2 Å². The van der Waals surface area contributed by atoms with Gasteiger partial charge in [-0.15, -0.1) is 0 Å². The van der Waals surface area contributed by atoms with Gasteiger partial charge in [-0.1, -0.05) is 0 Å². The number of nitrogens with one attached hydrogen (secondary N) is 3. The predicted molar refractivity (Wildman–Crippen MR) is 104 cm³/mol. The monoisotopic (exact) mass is 420 g/mol. The van der Waals surface area contributed by atoms with Gasteiger partial charge in [0.05, 0.1) is 13.2 Å². The van der Waals surface area contributed by atoms with Gasteiger partial charge in [-0.2, -0.15) is 0 Å². The van der Waals surface area contributed by atoms with Crippen LogP contribution in [0.15, 0.2) is 0 Å². The van der Waals surface area contributed by atoms with Crippen LogP contribution in [0.2, 0.25) is 0 Å². The van der Waals surface area contributed by atoms with E-state index in [0.717, 1.165) is 19.4 Å². The van der Waals surface area contributed by atoms with Crippen molar-refractivity contribution in [2.45, 2.75) is 50.4 Å². The van der Waals surface area contributed by atoms with E-state index in [1.807, 2.05) is 4.90 Å². The van der Waals surface area contributed by atoms with Crippen LogP contribution in [0.4, 0.5) is 0 Å². The number of guanidine groups is 1. The lowest BCUT2D eigenvalue weighted by atomic mass is 9.91. The minimum atomic E-state index is -2.27. The van der Waals surface area contributed by atoms with E-state index in [4.69, 9.17) is 15.7 Å². The number of carbonyl (C=O) groups is 1. The summed E-state index contributed by atoms with van der Waals surface area (Å²) in [5.41, 5.74) is 5.56. The number of hydrogen-bond donors (Lipinski definition) is 7. The van der Waals surface area contributed by atoms with Crippen LogP contribution >= 0.6 is 0 Å². The molecule has 0 aromatic rings. The van der Waals surface area contributed by atoms with Crippen molar-refractivity contribution in [3.63, 3.8) is 0 Å². The third-order valence-electron chi connectivity index (χ3n) is 5.29. The van der Waals surface area contributed by atoms with Crippen LogP contribution < -0.4 is 15.8 Å². The Hall–Kier alpha value is -1.31. The minimum Gasteiger partial charge on any atom is -0.395 e. The van der Waals surface area contributed by atoms with E-state index in [9.17, 15) is 19.2 Å². The molecule has 1 amide bonds. The van der Waals surface area contributed by atoms with Gasteiger partial charge in [-0.3, -0.25) is 20.1 Å². The molecule has 0 aromatic carbocycles. The molecule has 0 saturated carbocycles. The fourth-order valence-corrected chi connectivity index (χ4v) is 4.42. The van der Waals surface area contributed by atoms with E-state index in [0.29, 0.717) is 32.4 Å². The average Bonchev–Trinajstić information content (AvgIpc) is 2.64. The van der Waals surface area contributed by atoms with Crippen molar-refractivity contribution in [1.29, 1.82) is 5.41 Å². The lowest BCUT2D eigenvalue weighted by molar-refractivity contribution is -0.137. The fourth-order valence-electron chi connectivity index (χ4n) is 3.96. The standard InChI is InChI=1S/C16H32N6O5S/c17-16(18)22-6-1-3-11(8-22)7-12(10-23)19-14(24)9-21-5-2-4-13(15(21)25)20-28(26)27/h11-14,19-20,23-24H,1-10H2,(H3,17,18)(H,26,27)/t11-,12+,13+,14+/m1/s1. The van der Waals surface area contributed by atoms with Crippen LogP contribution in [0, 0.1) is 11.3 Å². The summed E-state index contributed by atoms with van der Waals surface area (Å²) in [5, 5.41) is 30.5. The topological polar surface area (TPSA) is 175 Å². The van der Waals surface area contributed by atoms with E-state index in [2.05, 4.69) is 10.0 Å². The number of likely N-dealkylation sites (tertiary alicyclic amines) is 2. The molecular formula is C16H32N6O5S. The van der Waals surface area contributed by atoms with E-state index < -0.39 is 23.5 Å². The van der Waals surface area contributed by atoms with Crippen molar-refractivity contribution in [3.05, 3.63) is 0 Å². The molecule has 0 spiro atoms. The van der Waals surface area contributed by atoms with Gasteiger partial charge in [0, 0.05) is 25.7 Å². The van der Waals surface area contributed by atoms with Gasteiger partial charge in [-0.25, -0.2) is 8.93 Å². The number of rotatable bonds is 9. The Morgan fingerprint density at radius 2 is 2.07 bits per heavy atom. The molecule has 2 heterocycles. The van der Waals surface area contributed by atoms with Gasteiger partial charge < -0.3 is 25.7 Å². The Bertz CT molecular complexity index is 568. The first-order valence-electron chi connectivity index (χ1n) is 9.60. The number of piperidine rings is 2. The molecule has 12 heteroatoms. The second kappa shape index (κ2) is 11.0. The quantitative estimate of drug-likeness (QED) is 0.0966. The molecule has 8 N–H and O–H groups in total. The van der Waals surface area contributed by atoms with E-state index >= 15 is 0 Å². The summed E-state index contributed by atoms with van der Waals surface area (Å²) >= 11 is -2.27. The molecule has 28 heavy (non-hydrogen) atoms. The third-order valence-corrected chi connectivity index (χ3v) is 5.78. The molecule has 2 aliphatic rings. The molecule has 0 bridgehead atoms. The van der Waals surface area contributed by atoms with Gasteiger partial charge in [0.1, 0.15) is 12.3 Å². The zero-order valence-electron chi connectivity index (χ0n) is 15.9. The number of β-amino-alcohol motifs (C(OH)–C–C–N with tert-alkyl or cyclic N) is 1. The first-order chi connectivity index (χ1) is 13.3. The second-order valence-corrected chi connectivity index (χ2v) is 8.22. The maximum Gasteiger partial charge on any atom is 0.240 e. The molecule has 0 aromatic heterocycles. The fraction of sp³-hybridized carbons (Fsp3) is 0.875. The lowest BCUT2D eigenvalue weighted by Gasteiger charge is -2.36. The lowest BCUT2D eigenvalue weighted by Crippen LogP contribution is -2.55. The molecule has 2 fully saturated rings. The number of aliphatic hydroxyl groups is 2. The van der Waals surface area contributed by atoms with Gasteiger partial charge in [-0.05, 0) is 38.0 Å². The van der Waals surface area contributed by atoms with Crippen LogP contribution in [0.25, 0.3) is 0 Å². The summed E-state index contributed by atoms with van der Waals surface area (Å²) < 4.78 is 22.1. The molecule has 1 unspecified atom stereocenters. The summed E-state index contributed by atoms with van der Waals surface area (Å²) in [6.07, 6.45) is 2.63. The number of nitrogens with zero attached hydrogens (tertiary/aromatic N) is 2. The average molecular weight is 421 g/mol. The molecular weight excluding hydrogens is 388 g/mol. The van der Waals surface area contributed by atoms with Crippen LogP contribution in [0.5, 0.6) is 0 Å². The molecule has 162 valence electrons. The number of nitrogens with two attached hydrogens (primary N) is 1. The van der Waals surface area contributed by atoms with Gasteiger partial charge in [0.25, 0.3) is 0 Å². The van der Waals surface area contributed by atoms with E-state index in [1.165, 1.54) is 4.90 Å². The highest BCUT2D eigenvalue weighted by molar-refractivity contribution is 7.77. The Balaban J connectivity index is 1.82. The molecule has 2 saturated heterocycles. The highest BCUT2D eigenvalue weighted by atomic mass is 32.2. The minimum absolute atomic E-state index is 0.0375.